The second-order valence-electron chi connectivity index (χ2n) is 6.97. The number of nitrogens with one attached hydrogen (secondary N) is 1. The molecule has 0 saturated heterocycles. The number of benzene rings is 3. The molecule has 0 aliphatic rings. The minimum atomic E-state index is -4.49. The molecular formula is C23H17ClF3N3O2. The maximum Gasteiger partial charge on any atom is 0.416 e. The number of ether oxygens (including phenoxy) is 1. The Labute approximate surface area is 186 Å². The van der Waals surface area contributed by atoms with Crippen LogP contribution >= 0.6 is 11.6 Å². The number of imidazole rings is 1. The second-order valence-corrected chi connectivity index (χ2v) is 7.41. The third kappa shape index (κ3) is 5.03. The fourth-order valence-corrected chi connectivity index (χ4v) is 3.33. The van der Waals surface area contributed by atoms with E-state index in [1.54, 1.807) is 28.8 Å². The van der Waals surface area contributed by atoms with Gasteiger partial charge in [-0.15, -0.1) is 0 Å². The number of nitrogens with zero attached hydrogens (tertiary/aromatic N) is 2. The molecule has 32 heavy (non-hydrogen) atoms. The van der Waals surface area contributed by atoms with Gasteiger partial charge in [0.2, 0.25) is 5.91 Å². The number of carbonyl (C=O) groups excluding carboxylic acids is 1. The van der Waals surface area contributed by atoms with Crippen LogP contribution in [0.15, 0.2) is 72.8 Å². The predicted molar refractivity (Wildman–Crippen MR) is 116 cm³/mol. The Hall–Kier alpha value is -3.52. The highest BCUT2D eigenvalue weighted by Gasteiger charge is 2.30. The van der Waals surface area contributed by atoms with Gasteiger partial charge in [-0.1, -0.05) is 29.8 Å². The number of halogens is 4. The van der Waals surface area contributed by atoms with Crippen molar-refractivity contribution < 1.29 is 22.7 Å². The number of hydrogen-bond donors (Lipinski definition) is 1. The average molecular weight is 460 g/mol. The zero-order valence-electron chi connectivity index (χ0n) is 16.6. The van der Waals surface area contributed by atoms with Crippen molar-refractivity contribution >= 4 is 34.2 Å². The molecule has 0 saturated carbocycles. The van der Waals surface area contributed by atoms with Gasteiger partial charge in [-0.05, 0) is 54.6 Å². The molecule has 0 aliphatic carbocycles. The molecule has 0 unspecified atom stereocenters. The van der Waals surface area contributed by atoms with Crippen LogP contribution in [0.25, 0.3) is 11.0 Å². The number of hydrogen-bond acceptors (Lipinski definition) is 3. The van der Waals surface area contributed by atoms with E-state index in [2.05, 4.69) is 10.3 Å². The monoisotopic (exact) mass is 459 g/mol. The number of para-hydroxylation sites is 2. The quantitative estimate of drug-likeness (QED) is 0.389. The van der Waals surface area contributed by atoms with E-state index in [0.717, 1.165) is 12.1 Å². The SMILES string of the molecule is O=C(Cn1c(COc2ccc(Cl)cc2)nc2ccccc21)Nc1cccc(C(F)(F)F)c1. The van der Waals surface area contributed by atoms with E-state index in [0.29, 0.717) is 27.6 Å². The van der Waals surface area contributed by atoms with Gasteiger partial charge in [-0.2, -0.15) is 13.2 Å². The Morgan fingerprint density at radius 1 is 1.03 bits per heavy atom. The highest BCUT2D eigenvalue weighted by molar-refractivity contribution is 6.30. The van der Waals surface area contributed by atoms with Crippen LogP contribution in [-0.2, 0) is 24.1 Å². The van der Waals surface area contributed by atoms with E-state index < -0.39 is 17.6 Å². The lowest BCUT2D eigenvalue weighted by Gasteiger charge is -2.12. The van der Waals surface area contributed by atoms with Gasteiger partial charge in [0.15, 0.2) is 0 Å². The summed E-state index contributed by atoms with van der Waals surface area (Å²) in [4.78, 5) is 17.2. The van der Waals surface area contributed by atoms with Crippen LogP contribution in [0.5, 0.6) is 5.75 Å². The van der Waals surface area contributed by atoms with E-state index in [4.69, 9.17) is 16.3 Å². The molecule has 1 aromatic heterocycles. The third-order valence-electron chi connectivity index (χ3n) is 4.69. The summed E-state index contributed by atoms with van der Waals surface area (Å²) in [6, 6.07) is 18.6. The number of aromatic nitrogens is 2. The minimum absolute atomic E-state index is 0.0632. The molecule has 0 aliphatic heterocycles. The van der Waals surface area contributed by atoms with Crippen molar-refractivity contribution in [2.75, 3.05) is 5.32 Å². The number of amides is 1. The Kier molecular flexibility index (Phi) is 6.05. The molecule has 0 radical (unpaired) electrons. The summed E-state index contributed by atoms with van der Waals surface area (Å²) < 4.78 is 46.3. The van der Waals surface area contributed by atoms with Crippen molar-refractivity contribution in [1.82, 2.24) is 9.55 Å². The molecule has 0 spiro atoms. The number of carbonyl (C=O) groups is 1. The molecule has 5 nitrogen and oxygen atoms in total. The molecule has 4 rings (SSSR count). The molecule has 164 valence electrons. The highest BCUT2D eigenvalue weighted by atomic mass is 35.5. The summed E-state index contributed by atoms with van der Waals surface area (Å²) in [7, 11) is 0. The molecule has 1 amide bonds. The van der Waals surface area contributed by atoms with Crippen molar-refractivity contribution in [2.45, 2.75) is 19.3 Å². The van der Waals surface area contributed by atoms with Crippen LogP contribution in [0.3, 0.4) is 0 Å². The average Bonchev–Trinajstić information content (AvgIpc) is 3.10. The maximum atomic E-state index is 12.9. The molecule has 0 bridgehead atoms. The van der Waals surface area contributed by atoms with Crippen LogP contribution in [-0.4, -0.2) is 15.5 Å². The zero-order valence-corrected chi connectivity index (χ0v) is 17.3. The van der Waals surface area contributed by atoms with Gasteiger partial charge in [0.25, 0.3) is 0 Å². The largest absolute Gasteiger partial charge is 0.486 e. The summed E-state index contributed by atoms with van der Waals surface area (Å²) in [5, 5.41) is 3.10. The van der Waals surface area contributed by atoms with Gasteiger partial charge < -0.3 is 14.6 Å². The molecule has 1 heterocycles. The first-order chi connectivity index (χ1) is 15.3. The smallest absolute Gasteiger partial charge is 0.416 e. The molecule has 4 aromatic rings. The molecule has 3 aromatic carbocycles. The van der Waals surface area contributed by atoms with Crippen LogP contribution in [0.1, 0.15) is 11.4 Å². The topological polar surface area (TPSA) is 56.2 Å². The molecule has 1 N–H and O–H groups in total. The van der Waals surface area contributed by atoms with Crippen LogP contribution < -0.4 is 10.1 Å². The van der Waals surface area contributed by atoms with Crippen molar-refractivity contribution in [3.63, 3.8) is 0 Å². The summed E-state index contributed by atoms with van der Waals surface area (Å²) in [6.07, 6.45) is -4.49. The summed E-state index contributed by atoms with van der Waals surface area (Å²) in [5.74, 6) is 0.599. The first-order valence-corrected chi connectivity index (χ1v) is 9.97. The van der Waals surface area contributed by atoms with Crippen molar-refractivity contribution in [3.05, 3.63) is 89.2 Å². The van der Waals surface area contributed by atoms with Crippen LogP contribution in [0, 0.1) is 0 Å². The predicted octanol–water partition coefficient (Wildman–Crippen LogP) is 5.93. The van der Waals surface area contributed by atoms with E-state index in [-0.39, 0.29) is 18.8 Å². The van der Waals surface area contributed by atoms with Gasteiger partial charge in [0.1, 0.15) is 24.7 Å². The maximum absolute atomic E-state index is 12.9. The van der Waals surface area contributed by atoms with Crippen molar-refractivity contribution in [3.8, 4) is 5.75 Å². The Balaban J connectivity index is 1.54. The fourth-order valence-electron chi connectivity index (χ4n) is 3.21. The van der Waals surface area contributed by atoms with E-state index in [1.807, 2.05) is 24.3 Å². The highest BCUT2D eigenvalue weighted by Crippen LogP contribution is 2.30. The zero-order chi connectivity index (χ0) is 22.7. The molecule has 9 heteroatoms. The van der Waals surface area contributed by atoms with E-state index >= 15 is 0 Å². The lowest BCUT2D eigenvalue weighted by atomic mass is 10.2. The minimum Gasteiger partial charge on any atom is -0.486 e. The molecule has 0 fully saturated rings. The first-order valence-electron chi connectivity index (χ1n) is 9.59. The van der Waals surface area contributed by atoms with Crippen molar-refractivity contribution in [1.29, 1.82) is 0 Å². The first kappa shape index (κ1) is 21.7. The number of alkyl halides is 3. The third-order valence-corrected chi connectivity index (χ3v) is 4.94. The normalized spacial score (nSPS) is 11.5. The van der Waals surface area contributed by atoms with Gasteiger partial charge in [-0.3, -0.25) is 4.79 Å². The molecular weight excluding hydrogens is 443 g/mol. The van der Waals surface area contributed by atoms with Gasteiger partial charge >= 0.3 is 6.18 Å². The van der Waals surface area contributed by atoms with Crippen molar-refractivity contribution in [2.24, 2.45) is 0 Å². The summed E-state index contributed by atoms with van der Waals surface area (Å²) >= 11 is 5.89. The number of anilines is 1. The lowest BCUT2D eigenvalue weighted by molar-refractivity contribution is -0.137. The Morgan fingerprint density at radius 2 is 1.78 bits per heavy atom. The van der Waals surface area contributed by atoms with Crippen LogP contribution in [0.4, 0.5) is 18.9 Å². The van der Waals surface area contributed by atoms with Gasteiger partial charge in [-0.25, -0.2) is 4.98 Å². The number of fused-ring (bicyclic) bond motifs is 1. The fraction of sp³-hybridized carbons (Fsp3) is 0.130. The van der Waals surface area contributed by atoms with Gasteiger partial charge in [0, 0.05) is 10.7 Å². The Morgan fingerprint density at radius 3 is 2.53 bits per heavy atom. The Bertz CT molecular complexity index is 1250. The standard InChI is InChI=1S/C23H17ClF3N3O2/c24-16-8-10-18(11-9-16)32-14-21-29-19-6-1-2-7-20(19)30(21)13-22(31)28-17-5-3-4-15(12-17)23(25,26)27/h1-12H,13-14H2,(H,28,31). The number of rotatable bonds is 6. The summed E-state index contributed by atoms with van der Waals surface area (Å²) in [6.45, 7) is -0.0524. The van der Waals surface area contributed by atoms with E-state index in [1.165, 1.54) is 12.1 Å². The molecule has 0 atom stereocenters. The van der Waals surface area contributed by atoms with E-state index in [9.17, 15) is 18.0 Å². The van der Waals surface area contributed by atoms with Crippen LogP contribution in [0.2, 0.25) is 5.02 Å². The summed E-state index contributed by atoms with van der Waals surface area (Å²) in [5.41, 5.74) is 0.615. The van der Waals surface area contributed by atoms with Gasteiger partial charge in [0.05, 0.1) is 16.6 Å². The lowest BCUT2D eigenvalue weighted by Crippen LogP contribution is -2.21. The second kappa shape index (κ2) is 8.92.